The van der Waals surface area contributed by atoms with Crippen molar-refractivity contribution in [2.45, 2.75) is 51.6 Å². The molecule has 2 aromatic rings. The average Bonchev–Trinajstić information content (AvgIpc) is 3.25. The molecule has 1 fully saturated rings. The van der Waals surface area contributed by atoms with E-state index in [4.69, 9.17) is 0 Å². The summed E-state index contributed by atoms with van der Waals surface area (Å²) in [5.74, 6) is -0.201. The molecule has 1 aliphatic heterocycles. The monoisotopic (exact) mass is 420 g/mol. The van der Waals surface area contributed by atoms with E-state index in [1.807, 2.05) is 30.8 Å². The molecule has 0 bridgehead atoms. The second kappa shape index (κ2) is 9.64. The van der Waals surface area contributed by atoms with Crippen molar-refractivity contribution in [3.63, 3.8) is 0 Å². The Kier molecular flexibility index (Phi) is 8.46. The Morgan fingerprint density at radius 3 is 2.69 bits per heavy atom. The van der Waals surface area contributed by atoms with Crippen molar-refractivity contribution in [3.8, 4) is 0 Å². The summed E-state index contributed by atoms with van der Waals surface area (Å²) in [5.41, 5.74) is 0.844. The van der Waals surface area contributed by atoms with E-state index >= 15 is 0 Å². The molecule has 2 aromatic heterocycles. The third-order valence-electron chi connectivity index (χ3n) is 4.61. The molecule has 26 heavy (non-hydrogen) atoms. The number of amides is 1. The lowest BCUT2D eigenvalue weighted by Crippen LogP contribution is -2.43. The molecular formula is C16H26Cl2N6OS. The Hall–Kier alpha value is -1.22. The lowest BCUT2D eigenvalue weighted by atomic mass is 9.99. The number of nitrogens with zero attached hydrogens (tertiary/aromatic N) is 4. The molecule has 0 saturated carbocycles. The van der Waals surface area contributed by atoms with Gasteiger partial charge in [0, 0.05) is 11.1 Å². The SMILES string of the molecule is CCC(C)(NC(=O)c1cn(C2CCNCC2)nn1)c1nc(C)cs1.Cl.Cl. The minimum atomic E-state index is -0.492. The molecule has 10 heteroatoms. The largest absolute Gasteiger partial charge is 0.339 e. The van der Waals surface area contributed by atoms with Crippen LogP contribution in [0.2, 0.25) is 0 Å². The Labute approximate surface area is 170 Å². The van der Waals surface area contributed by atoms with Gasteiger partial charge in [0.15, 0.2) is 5.69 Å². The third-order valence-corrected chi connectivity index (χ3v) is 5.84. The summed E-state index contributed by atoms with van der Waals surface area (Å²) < 4.78 is 1.83. The molecule has 0 aliphatic carbocycles. The van der Waals surface area contributed by atoms with Crippen molar-refractivity contribution >= 4 is 42.1 Å². The number of thiazole rings is 1. The smallest absolute Gasteiger partial charge is 0.274 e. The Bertz CT molecular complexity index is 715. The van der Waals surface area contributed by atoms with E-state index in [2.05, 4.69) is 25.9 Å². The van der Waals surface area contributed by atoms with Crippen molar-refractivity contribution < 1.29 is 4.79 Å². The van der Waals surface area contributed by atoms with Crippen molar-refractivity contribution in [1.29, 1.82) is 0 Å². The van der Waals surface area contributed by atoms with Crippen LogP contribution in [0.3, 0.4) is 0 Å². The molecule has 0 aromatic carbocycles. The first kappa shape index (κ1) is 22.8. The number of carbonyl (C=O) groups is 1. The number of hydrogen-bond acceptors (Lipinski definition) is 6. The van der Waals surface area contributed by atoms with E-state index in [0.29, 0.717) is 11.7 Å². The predicted molar refractivity (Wildman–Crippen MR) is 108 cm³/mol. The first-order valence-corrected chi connectivity index (χ1v) is 9.27. The van der Waals surface area contributed by atoms with Gasteiger partial charge in [-0.25, -0.2) is 9.67 Å². The summed E-state index contributed by atoms with van der Waals surface area (Å²) in [5, 5.41) is 17.6. The molecule has 1 amide bonds. The highest BCUT2D eigenvalue weighted by Gasteiger charge is 2.31. The van der Waals surface area contributed by atoms with Crippen molar-refractivity contribution in [2.24, 2.45) is 0 Å². The number of nitrogens with one attached hydrogen (secondary N) is 2. The van der Waals surface area contributed by atoms with Crippen LogP contribution in [0.15, 0.2) is 11.6 Å². The lowest BCUT2D eigenvalue weighted by molar-refractivity contribution is 0.0896. The highest BCUT2D eigenvalue weighted by Crippen LogP contribution is 2.28. The van der Waals surface area contributed by atoms with E-state index in [-0.39, 0.29) is 30.7 Å². The van der Waals surface area contributed by atoms with Crippen molar-refractivity contribution in [3.05, 3.63) is 28.0 Å². The predicted octanol–water partition coefficient (Wildman–Crippen LogP) is 2.87. The normalized spacial score (nSPS) is 16.9. The Morgan fingerprint density at radius 2 is 2.12 bits per heavy atom. The van der Waals surface area contributed by atoms with Crippen LogP contribution in [0.5, 0.6) is 0 Å². The number of carbonyl (C=O) groups excluding carboxylic acids is 1. The van der Waals surface area contributed by atoms with Gasteiger partial charge in [-0.05, 0) is 46.2 Å². The minimum Gasteiger partial charge on any atom is -0.339 e. The highest BCUT2D eigenvalue weighted by molar-refractivity contribution is 7.09. The number of halogens is 2. The molecule has 146 valence electrons. The maximum Gasteiger partial charge on any atom is 0.274 e. The maximum absolute atomic E-state index is 12.6. The minimum absolute atomic E-state index is 0. The van der Waals surface area contributed by atoms with E-state index in [9.17, 15) is 4.79 Å². The number of hydrogen-bond donors (Lipinski definition) is 2. The van der Waals surface area contributed by atoms with E-state index in [1.54, 1.807) is 17.5 Å². The second-order valence-corrected chi connectivity index (χ2v) is 7.36. The zero-order valence-electron chi connectivity index (χ0n) is 15.2. The van der Waals surface area contributed by atoms with Gasteiger partial charge in [-0.15, -0.1) is 41.2 Å². The standard InChI is InChI=1S/C16H24N6OS.2ClH/c1-4-16(3,15-18-11(2)10-24-15)19-14(23)13-9-22(21-20-13)12-5-7-17-8-6-12;;/h9-10,12,17H,4-8H2,1-3H3,(H,19,23);2*1H. The first-order valence-electron chi connectivity index (χ1n) is 8.39. The average molecular weight is 421 g/mol. The van der Waals surface area contributed by atoms with Crippen LogP contribution >= 0.6 is 36.2 Å². The number of aryl methyl sites for hydroxylation is 1. The van der Waals surface area contributed by atoms with Crippen LogP contribution in [0, 0.1) is 6.92 Å². The third kappa shape index (κ3) is 4.94. The number of piperidine rings is 1. The molecule has 7 nitrogen and oxygen atoms in total. The molecule has 3 rings (SSSR count). The summed E-state index contributed by atoms with van der Waals surface area (Å²) in [6.45, 7) is 7.96. The number of rotatable bonds is 5. The van der Waals surface area contributed by atoms with Gasteiger partial charge in [-0.2, -0.15) is 0 Å². The Morgan fingerprint density at radius 1 is 1.42 bits per heavy atom. The molecule has 2 N–H and O–H groups in total. The fourth-order valence-corrected chi connectivity index (χ4v) is 3.83. The topological polar surface area (TPSA) is 84.7 Å². The van der Waals surface area contributed by atoms with Gasteiger partial charge in [0.2, 0.25) is 0 Å². The summed E-state index contributed by atoms with van der Waals surface area (Å²) in [6.07, 6.45) is 4.54. The van der Waals surface area contributed by atoms with Crippen LogP contribution in [-0.4, -0.2) is 39.0 Å². The van der Waals surface area contributed by atoms with Gasteiger partial charge in [0.1, 0.15) is 5.01 Å². The molecule has 0 spiro atoms. The molecule has 0 radical (unpaired) electrons. The van der Waals surface area contributed by atoms with Crippen LogP contribution in [0.25, 0.3) is 0 Å². The molecule has 1 atom stereocenters. The molecule has 1 saturated heterocycles. The maximum atomic E-state index is 12.6. The van der Waals surface area contributed by atoms with Crippen molar-refractivity contribution in [2.75, 3.05) is 13.1 Å². The van der Waals surface area contributed by atoms with Gasteiger partial charge < -0.3 is 10.6 Å². The van der Waals surface area contributed by atoms with Crippen molar-refractivity contribution in [1.82, 2.24) is 30.6 Å². The van der Waals surface area contributed by atoms with Gasteiger partial charge in [0.05, 0.1) is 17.8 Å². The Balaban J connectivity index is 0.00000169. The van der Waals surface area contributed by atoms with Gasteiger partial charge >= 0.3 is 0 Å². The van der Waals surface area contributed by atoms with Crippen LogP contribution in [0.4, 0.5) is 0 Å². The summed E-state index contributed by atoms with van der Waals surface area (Å²) >= 11 is 1.57. The van der Waals surface area contributed by atoms with E-state index < -0.39 is 5.54 Å². The second-order valence-electron chi connectivity index (χ2n) is 6.50. The fraction of sp³-hybridized carbons (Fsp3) is 0.625. The van der Waals surface area contributed by atoms with E-state index in [0.717, 1.165) is 43.1 Å². The van der Waals surface area contributed by atoms with Crippen LogP contribution in [-0.2, 0) is 5.54 Å². The zero-order chi connectivity index (χ0) is 17.2. The van der Waals surface area contributed by atoms with E-state index in [1.165, 1.54) is 0 Å². The highest BCUT2D eigenvalue weighted by atomic mass is 35.5. The van der Waals surface area contributed by atoms with Crippen LogP contribution < -0.4 is 10.6 Å². The molecule has 1 aliphatic rings. The summed E-state index contributed by atoms with van der Waals surface area (Å²) in [6, 6.07) is 0.319. The summed E-state index contributed by atoms with van der Waals surface area (Å²) in [4.78, 5) is 17.2. The fourth-order valence-electron chi connectivity index (χ4n) is 2.85. The van der Waals surface area contributed by atoms with Crippen LogP contribution in [0.1, 0.15) is 60.3 Å². The lowest BCUT2D eigenvalue weighted by Gasteiger charge is -2.27. The quantitative estimate of drug-likeness (QED) is 0.776. The molecular weight excluding hydrogens is 395 g/mol. The molecule has 1 unspecified atom stereocenters. The number of aromatic nitrogens is 4. The van der Waals surface area contributed by atoms with Gasteiger partial charge in [0.25, 0.3) is 5.91 Å². The van der Waals surface area contributed by atoms with Gasteiger partial charge in [-0.3, -0.25) is 4.79 Å². The molecule has 3 heterocycles. The zero-order valence-corrected chi connectivity index (χ0v) is 17.6. The van der Waals surface area contributed by atoms with Gasteiger partial charge in [-0.1, -0.05) is 12.1 Å². The first-order chi connectivity index (χ1) is 11.5. The summed E-state index contributed by atoms with van der Waals surface area (Å²) in [7, 11) is 0.